The topological polar surface area (TPSA) is 0 Å². The van der Waals surface area contributed by atoms with Crippen molar-refractivity contribution in [1.29, 1.82) is 0 Å². The summed E-state index contributed by atoms with van der Waals surface area (Å²) in [5, 5.41) is 0. The molecule has 12 heavy (non-hydrogen) atoms. The van der Waals surface area contributed by atoms with Crippen molar-refractivity contribution in [1.82, 2.24) is 0 Å². The largest absolute Gasteiger partial charge is 0.0839 e. The van der Waals surface area contributed by atoms with E-state index < -0.39 is 0 Å². The minimum atomic E-state index is 1.17. The highest BCUT2D eigenvalue weighted by atomic mass is 127. The van der Waals surface area contributed by atoms with Crippen LogP contribution in [0.1, 0.15) is 25.3 Å². The molecule has 0 nitrogen and oxygen atoms in total. The zero-order valence-corrected chi connectivity index (χ0v) is 9.41. The summed E-state index contributed by atoms with van der Waals surface area (Å²) < 4.78 is 1.32. The monoisotopic (exact) mass is 272 g/mol. The number of unbranched alkanes of at least 4 members (excludes halogenated alkanes) is 1. The molecule has 0 aromatic heterocycles. The molecular formula is C11H13I. The van der Waals surface area contributed by atoms with Gasteiger partial charge in [0, 0.05) is 3.57 Å². The van der Waals surface area contributed by atoms with E-state index >= 15 is 0 Å². The van der Waals surface area contributed by atoms with Gasteiger partial charge in [0.25, 0.3) is 0 Å². The molecule has 1 rings (SSSR count). The zero-order chi connectivity index (χ0) is 8.81. The third kappa shape index (κ3) is 2.97. The minimum absolute atomic E-state index is 1.17. The third-order valence-corrected chi connectivity index (χ3v) is 2.64. The van der Waals surface area contributed by atoms with Crippen LogP contribution in [0.5, 0.6) is 0 Å². The predicted octanol–water partition coefficient (Wildman–Crippen LogP) is 4.10. The molecule has 0 aliphatic heterocycles. The number of benzene rings is 1. The highest BCUT2D eigenvalue weighted by molar-refractivity contribution is 14.1. The van der Waals surface area contributed by atoms with Crippen LogP contribution in [-0.4, -0.2) is 0 Å². The molecule has 0 aliphatic carbocycles. The summed E-state index contributed by atoms with van der Waals surface area (Å²) in [4.78, 5) is 0. The van der Waals surface area contributed by atoms with E-state index in [1.54, 1.807) is 0 Å². The molecule has 1 aromatic rings. The number of hydrogen-bond donors (Lipinski definition) is 0. The van der Waals surface area contributed by atoms with Crippen LogP contribution in [0.4, 0.5) is 0 Å². The van der Waals surface area contributed by atoms with E-state index in [0.29, 0.717) is 0 Å². The molecule has 0 saturated heterocycles. The molecule has 0 aliphatic rings. The lowest BCUT2D eigenvalue weighted by Crippen LogP contribution is -1.76. The van der Waals surface area contributed by atoms with E-state index in [-0.39, 0.29) is 0 Å². The Bertz CT molecular complexity index is 263. The van der Waals surface area contributed by atoms with Crippen LogP contribution >= 0.6 is 22.6 Å². The average molecular weight is 272 g/mol. The summed E-state index contributed by atoms with van der Waals surface area (Å²) >= 11 is 2.36. The molecular weight excluding hydrogens is 259 g/mol. The minimum Gasteiger partial charge on any atom is -0.0839 e. The van der Waals surface area contributed by atoms with Crippen molar-refractivity contribution in [3.05, 3.63) is 39.5 Å². The zero-order valence-electron chi connectivity index (χ0n) is 7.26. The fourth-order valence-electron chi connectivity index (χ4n) is 0.987. The Morgan fingerprint density at radius 2 is 2.08 bits per heavy atom. The lowest BCUT2D eigenvalue weighted by atomic mass is 10.2. The van der Waals surface area contributed by atoms with Crippen molar-refractivity contribution in [3.63, 3.8) is 0 Å². The van der Waals surface area contributed by atoms with Crippen LogP contribution < -0.4 is 0 Å². The van der Waals surface area contributed by atoms with Gasteiger partial charge in [-0.3, -0.25) is 0 Å². The van der Waals surface area contributed by atoms with Crippen LogP contribution in [0.25, 0.3) is 6.08 Å². The maximum atomic E-state index is 2.36. The number of allylic oxidation sites excluding steroid dienone is 1. The number of rotatable bonds is 3. The summed E-state index contributed by atoms with van der Waals surface area (Å²) in [7, 11) is 0. The average Bonchev–Trinajstić information content (AvgIpc) is 2.09. The Labute approximate surface area is 87.8 Å². The second-order valence-corrected chi connectivity index (χ2v) is 3.87. The molecule has 0 saturated carbocycles. The van der Waals surface area contributed by atoms with E-state index in [1.165, 1.54) is 22.0 Å². The summed E-state index contributed by atoms with van der Waals surface area (Å²) in [5.41, 5.74) is 1.33. The lowest BCUT2D eigenvalue weighted by Gasteiger charge is -1.95. The van der Waals surface area contributed by atoms with Gasteiger partial charge < -0.3 is 0 Å². The van der Waals surface area contributed by atoms with E-state index in [0.717, 1.165) is 0 Å². The van der Waals surface area contributed by atoms with Gasteiger partial charge in [-0.25, -0.2) is 0 Å². The van der Waals surface area contributed by atoms with Crippen molar-refractivity contribution in [2.24, 2.45) is 0 Å². The van der Waals surface area contributed by atoms with Crippen molar-refractivity contribution in [2.75, 3.05) is 0 Å². The van der Waals surface area contributed by atoms with Gasteiger partial charge in [0.1, 0.15) is 0 Å². The maximum Gasteiger partial charge on any atom is 0.0202 e. The molecule has 0 radical (unpaired) electrons. The Balaban J connectivity index is 2.68. The highest BCUT2D eigenvalue weighted by Gasteiger charge is 1.90. The molecule has 0 unspecified atom stereocenters. The van der Waals surface area contributed by atoms with Gasteiger partial charge >= 0.3 is 0 Å². The second kappa shape index (κ2) is 5.36. The quantitative estimate of drug-likeness (QED) is 0.726. The van der Waals surface area contributed by atoms with Gasteiger partial charge in [0.2, 0.25) is 0 Å². The second-order valence-electron chi connectivity index (χ2n) is 2.71. The Kier molecular flexibility index (Phi) is 4.36. The highest BCUT2D eigenvalue weighted by Crippen LogP contribution is 2.13. The van der Waals surface area contributed by atoms with Crippen LogP contribution in [-0.2, 0) is 0 Å². The summed E-state index contributed by atoms with van der Waals surface area (Å²) in [6.07, 6.45) is 6.83. The van der Waals surface area contributed by atoms with Gasteiger partial charge in [0.05, 0.1) is 0 Å². The van der Waals surface area contributed by atoms with Crippen LogP contribution in [0.2, 0.25) is 0 Å². The van der Waals surface area contributed by atoms with Gasteiger partial charge in [-0.1, -0.05) is 43.7 Å². The maximum absolute atomic E-state index is 2.36. The van der Waals surface area contributed by atoms with E-state index in [2.05, 4.69) is 65.9 Å². The number of halogens is 1. The first-order valence-corrected chi connectivity index (χ1v) is 5.33. The van der Waals surface area contributed by atoms with E-state index in [4.69, 9.17) is 0 Å². The fraction of sp³-hybridized carbons (Fsp3) is 0.273. The first-order valence-electron chi connectivity index (χ1n) is 4.25. The molecule has 0 bridgehead atoms. The van der Waals surface area contributed by atoms with Crippen molar-refractivity contribution >= 4 is 28.7 Å². The Morgan fingerprint density at radius 1 is 1.33 bits per heavy atom. The lowest BCUT2D eigenvalue weighted by molar-refractivity contribution is 0.962. The number of hydrogen-bond acceptors (Lipinski definition) is 0. The predicted molar refractivity (Wildman–Crippen MR) is 63.1 cm³/mol. The molecule has 1 heteroatoms. The standard InChI is InChI=1S/C11H13I/c1-2-3-4-7-10-8-5-6-9-11(10)12/h4-9H,2-3H2,1H3/b7-4+. The summed E-state index contributed by atoms with van der Waals surface area (Å²) in [6.45, 7) is 2.19. The van der Waals surface area contributed by atoms with E-state index in [9.17, 15) is 0 Å². The molecule has 0 N–H and O–H groups in total. The van der Waals surface area contributed by atoms with Crippen LogP contribution in [0.3, 0.4) is 0 Å². The van der Waals surface area contributed by atoms with Crippen LogP contribution in [0.15, 0.2) is 30.3 Å². The van der Waals surface area contributed by atoms with Gasteiger partial charge in [0.15, 0.2) is 0 Å². The molecule has 0 spiro atoms. The van der Waals surface area contributed by atoms with Gasteiger partial charge in [-0.2, -0.15) is 0 Å². The molecule has 0 fully saturated rings. The van der Waals surface area contributed by atoms with Crippen LogP contribution in [0, 0.1) is 3.57 Å². The van der Waals surface area contributed by atoms with Crippen molar-refractivity contribution < 1.29 is 0 Å². The summed E-state index contributed by atoms with van der Waals surface area (Å²) in [5.74, 6) is 0. The third-order valence-electron chi connectivity index (χ3n) is 1.66. The molecule has 64 valence electrons. The Morgan fingerprint density at radius 3 is 2.75 bits per heavy atom. The van der Waals surface area contributed by atoms with Gasteiger partial charge in [-0.05, 0) is 40.6 Å². The first kappa shape index (κ1) is 9.78. The molecule has 0 amide bonds. The molecule has 0 atom stereocenters. The smallest absolute Gasteiger partial charge is 0.0202 e. The Hall–Kier alpha value is -0.310. The normalized spacial score (nSPS) is 10.8. The first-order chi connectivity index (χ1) is 5.84. The van der Waals surface area contributed by atoms with Crippen molar-refractivity contribution in [2.45, 2.75) is 19.8 Å². The molecule has 0 heterocycles. The van der Waals surface area contributed by atoms with E-state index in [1.807, 2.05) is 0 Å². The SMILES string of the molecule is CCC/C=C/c1ccccc1I. The summed E-state index contributed by atoms with van der Waals surface area (Å²) in [6, 6.07) is 8.42. The van der Waals surface area contributed by atoms with Crippen molar-refractivity contribution in [3.8, 4) is 0 Å². The van der Waals surface area contributed by atoms with Gasteiger partial charge in [-0.15, -0.1) is 0 Å². The fourth-order valence-corrected chi connectivity index (χ4v) is 1.55. The molecule has 1 aromatic carbocycles.